The number of nitrogens with two attached hydrogens (primary N) is 1. The largest absolute Gasteiger partial charge is 0.330 e. The van der Waals surface area contributed by atoms with Crippen LogP contribution in [0.15, 0.2) is 78.9 Å². The molecule has 0 aliphatic heterocycles. The predicted octanol–water partition coefficient (Wildman–Crippen LogP) is 4.72. The molecule has 0 heterocycles. The molecule has 0 aromatic heterocycles. The van der Waals surface area contributed by atoms with Crippen LogP contribution >= 0.6 is 0 Å². The topological polar surface area (TPSA) is 99.2 Å². The van der Waals surface area contributed by atoms with Gasteiger partial charge in [0.25, 0.3) is 11.8 Å². The number of nitrogens with one attached hydrogen (secondary N) is 1. The monoisotopic (exact) mass is 452 g/mol. The van der Waals surface area contributed by atoms with Gasteiger partial charge in [-0.25, -0.2) is 0 Å². The fraction of sp³-hybridized carbons (Fsp3) is 0.250. The molecule has 1 aliphatic rings. The average molecular weight is 453 g/mol. The van der Waals surface area contributed by atoms with E-state index in [-0.39, 0.29) is 23.9 Å². The lowest BCUT2D eigenvalue weighted by molar-refractivity contribution is 0.0583. The maximum atomic E-state index is 13.5. The van der Waals surface area contributed by atoms with Crippen LogP contribution in [0, 0.1) is 11.3 Å². The number of carbonyl (C=O) groups is 2. The smallest absolute Gasteiger partial charge is 0.255 e. The Labute approximate surface area is 200 Å². The molecule has 2 unspecified atom stereocenters. The van der Waals surface area contributed by atoms with E-state index in [9.17, 15) is 9.59 Å². The Hall–Kier alpha value is -3.95. The molecule has 6 nitrogen and oxygen atoms in total. The number of hydrogen-bond acceptors (Lipinski definition) is 4. The SMILES string of the molecule is N#Cc1ccc(C(=O)N(Cc2ccc(NC(=O)c3ccccc3)cc2)C2CCCCC2N)cc1. The molecule has 0 radical (unpaired) electrons. The molecule has 0 bridgehead atoms. The highest BCUT2D eigenvalue weighted by molar-refractivity contribution is 6.04. The lowest BCUT2D eigenvalue weighted by Crippen LogP contribution is -2.51. The Bertz CT molecular complexity index is 1170. The standard InChI is InChI=1S/C28H28N4O2/c29-18-20-10-14-23(15-11-20)28(34)32(26-9-5-4-8-25(26)30)19-21-12-16-24(17-13-21)31-27(33)22-6-2-1-3-7-22/h1-3,6-7,10-17,25-26H,4-5,8-9,19,30H2,(H,31,33). The minimum atomic E-state index is -0.167. The van der Waals surface area contributed by atoms with Crippen LogP contribution < -0.4 is 11.1 Å². The van der Waals surface area contributed by atoms with Crippen molar-refractivity contribution in [1.29, 1.82) is 5.26 Å². The Morgan fingerprint density at radius 1 is 0.912 bits per heavy atom. The summed E-state index contributed by atoms with van der Waals surface area (Å²) in [6.07, 6.45) is 3.88. The van der Waals surface area contributed by atoms with Crippen LogP contribution in [0.5, 0.6) is 0 Å². The summed E-state index contributed by atoms with van der Waals surface area (Å²) in [5, 5.41) is 12.0. The van der Waals surface area contributed by atoms with Crippen LogP contribution in [0.25, 0.3) is 0 Å². The summed E-state index contributed by atoms with van der Waals surface area (Å²) in [6.45, 7) is 0.421. The quantitative estimate of drug-likeness (QED) is 0.565. The number of carbonyl (C=O) groups excluding carboxylic acids is 2. The van der Waals surface area contributed by atoms with Crippen LogP contribution in [0.4, 0.5) is 5.69 Å². The predicted molar refractivity (Wildman–Crippen MR) is 132 cm³/mol. The molecule has 6 heteroatoms. The molecule has 0 saturated heterocycles. The average Bonchev–Trinajstić information content (AvgIpc) is 2.89. The number of anilines is 1. The van der Waals surface area contributed by atoms with Crippen LogP contribution in [0.2, 0.25) is 0 Å². The first-order valence-corrected chi connectivity index (χ1v) is 11.6. The van der Waals surface area contributed by atoms with Crippen molar-refractivity contribution in [2.24, 2.45) is 5.73 Å². The maximum Gasteiger partial charge on any atom is 0.255 e. The van der Waals surface area contributed by atoms with Gasteiger partial charge in [-0.3, -0.25) is 9.59 Å². The van der Waals surface area contributed by atoms with E-state index in [1.54, 1.807) is 36.4 Å². The fourth-order valence-electron chi connectivity index (χ4n) is 4.40. The van der Waals surface area contributed by atoms with Gasteiger partial charge in [0.1, 0.15) is 0 Å². The second kappa shape index (κ2) is 10.8. The van der Waals surface area contributed by atoms with Crippen molar-refractivity contribution in [3.8, 4) is 6.07 Å². The van der Waals surface area contributed by atoms with E-state index in [0.717, 1.165) is 31.2 Å². The highest BCUT2D eigenvalue weighted by Crippen LogP contribution is 2.26. The Morgan fingerprint density at radius 2 is 1.59 bits per heavy atom. The third-order valence-corrected chi connectivity index (χ3v) is 6.30. The van der Waals surface area contributed by atoms with Gasteiger partial charge in [0.05, 0.1) is 11.6 Å². The van der Waals surface area contributed by atoms with Crippen molar-refractivity contribution < 1.29 is 9.59 Å². The van der Waals surface area contributed by atoms with E-state index in [4.69, 9.17) is 11.0 Å². The zero-order chi connectivity index (χ0) is 23.9. The molecule has 3 aromatic rings. The molecule has 4 rings (SSSR count). The van der Waals surface area contributed by atoms with Crippen molar-refractivity contribution in [3.05, 3.63) is 101 Å². The zero-order valence-corrected chi connectivity index (χ0v) is 19.0. The number of nitriles is 1. The molecule has 3 aromatic carbocycles. The van der Waals surface area contributed by atoms with Gasteiger partial charge in [0, 0.05) is 35.4 Å². The Balaban J connectivity index is 1.52. The summed E-state index contributed by atoms with van der Waals surface area (Å²) in [6, 6.07) is 25.3. The lowest BCUT2D eigenvalue weighted by Gasteiger charge is -2.38. The number of hydrogen-bond donors (Lipinski definition) is 2. The van der Waals surface area contributed by atoms with E-state index in [0.29, 0.717) is 28.9 Å². The second-order valence-corrected chi connectivity index (χ2v) is 8.65. The van der Waals surface area contributed by atoms with E-state index in [2.05, 4.69) is 11.4 Å². The molecular formula is C28H28N4O2. The molecule has 1 aliphatic carbocycles. The fourth-order valence-corrected chi connectivity index (χ4v) is 4.40. The number of amides is 2. The molecule has 3 N–H and O–H groups in total. The normalized spacial score (nSPS) is 17.4. The summed E-state index contributed by atoms with van der Waals surface area (Å²) >= 11 is 0. The van der Waals surface area contributed by atoms with Gasteiger partial charge in [0.15, 0.2) is 0 Å². The van der Waals surface area contributed by atoms with E-state index < -0.39 is 0 Å². The van der Waals surface area contributed by atoms with Crippen LogP contribution in [0.3, 0.4) is 0 Å². The molecule has 2 atom stereocenters. The van der Waals surface area contributed by atoms with Crippen molar-refractivity contribution in [3.63, 3.8) is 0 Å². The second-order valence-electron chi connectivity index (χ2n) is 8.65. The summed E-state index contributed by atoms with van der Waals surface area (Å²) in [4.78, 5) is 27.8. The molecule has 0 spiro atoms. The van der Waals surface area contributed by atoms with Gasteiger partial charge in [-0.15, -0.1) is 0 Å². The molecule has 1 saturated carbocycles. The summed E-state index contributed by atoms with van der Waals surface area (Å²) in [5.74, 6) is -0.257. The Morgan fingerprint density at radius 3 is 2.24 bits per heavy atom. The zero-order valence-electron chi connectivity index (χ0n) is 19.0. The van der Waals surface area contributed by atoms with Crippen molar-refractivity contribution >= 4 is 17.5 Å². The molecule has 1 fully saturated rings. The third kappa shape index (κ3) is 5.51. The van der Waals surface area contributed by atoms with Crippen molar-refractivity contribution in [2.75, 3.05) is 5.32 Å². The summed E-state index contributed by atoms with van der Waals surface area (Å²) < 4.78 is 0. The van der Waals surface area contributed by atoms with Crippen molar-refractivity contribution in [1.82, 2.24) is 4.90 Å². The van der Waals surface area contributed by atoms with Crippen molar-refractivity contribution in [2.45, 2.75) is 44.3 Å². The summed E-state index contributed by atoms with van der Waals surface area (Å²) in [7, 11) is 0. The van der Waals surface area contributed by atoms with Gasteiger partial charge in [-0.2, -0.15) is 5.26 Å². The van der Waals surface area contributed by atoms with Gasteiger partial charge >= 0.3 is 0 Å². The maximum absolute atomic E-state index is 13.5. The molecule has 2 amide bonds. The number of nitrogens with zero attached hydrogens (tertiary/aromatic N) is 2. The first-order chi connectivity index (χ1) is 16.5. The van der Waals surface area contributed by atoms with E-state index in [1.165, 1.54) is 0 Å². The molecule has 34 heavy (non-hydrogen) atoms. The van der Waals surface area contributed by atoms with Gasteiger partial charge in [-0.1, -0.05) is 43.2 Å². The van der Waals surface area contributed by atoms with E-state index in [1.807, 2.05) is 47.4 Å². The molecular weight excluding hydrogens is 424 g/mol. The van der Waals surface area contributed by atoms with Gasteiger partial charge in [0.2, 0.25) is 0 Å². The minimum absolute atomic E-state index is 0.0469. The third-order valence-electron chi connectivity index (χ3n) is 6.30. The lowest BCUT2D eigenvalue weighted by atomic mass is 9.89. The van der Waals surface area contributed by atoms with Crippen LogP contribution in [0.1, 0.15) is 57.5 Å². The highest BCUT2D eigenvalue weighted by Gasteiger charge is 2.31. The summed E-state index contributed by atoms with van der Waals surface area (Å²) in [5.41, 5.74) is 9.75. The van der Waals surface area contributed by atoms with Gasteiger partial charge < -0.3 is 16.0 Å². The van der Waals surface area contributed by atoms with E-state index >= 15 is 0 Å². The highest BCUT2D eigenvalue weighted by atomic mass is 16.2. The van der Waals surface area contributed by atoms with Crippen LogP contribution in [-0.4, -0.2) is 28.8 Å². The first kappa shape index (κ1) is 23.2. The van der Waals surface area contributed by atoms with Gasteiger partial charge in [-0.05, 0) is 66.9 Å². The van der Waals surface area contributed by atoms with Crippen LogP contribution in [-0.2, 0) is 6.54 Å². The Kier molecular flexibility index (Phi) is 7.36. The minimum Gasteiger partial charge on any atom is -0.330 e. The molecule has 172 valence electrons. The number of benzene rings is 3. The number of rotatable bonds is 6. The first-order valence-electron chi connectivity index (χ1n) is 11.6.